The van der Waals surface area contributed by atoms with Crippen molar-refractivity contribution < 1.29 is 13.7 Å². The third-order valence-electron chi connectivity index (χ3n) is 3.57. The Kier molecular flexibility index (Phi) is 4.49. The van der Waals surface area contributed by atoms with E-state index < -0.39 is 22.2 Å². The monoisotopic (exact) mass is 285 g/mol. The lowest BCUT2D eigenvalue weighted by atomic mass is 10.1. The lowest BCUT2D eigenvalue weighted by Crippen LogP contribution is -2.24. The van der Waals surface area contributed by atoms with Crippen LogP contribution in [0.3, 0.4) is 0 Å². The fourth-order valence-electron chi connectivity index (χ4n) is 2.42. The van der Waals surface area contributed by atoms with E-state index in [1.54, 1.807) is 0 Å². The molecule has 110 valence electrons. The van der Waals surface area contributed by atoms with Crippen LogP contribution in [-0.4, -0.2) is 36.0 Å². The number of nitrogens with zero attached hydrogens (tertiary/aromatic N) is 2. The topological polar surface area (TPSA) is 58.4 Å². The highest BCUT2D eigenvalue weighted by Crippen LogP contribution is 2.30. The van der Waals surface area contributed by atoms with Gasteiger partial charge in [-0.3, -0.25) is 10.1 Å². The number of nitro groups is 1. The average Bonchev–Trinajstić information content (AvgIpc) is 2.60. The molecule has 1 saturated heterocycles. The molecule has 0 saturated carbocycles. The third-order valence-corrected chi connectivity index (χ3v) is 3.57. The highest BCUT2D eigenvalue weighted by atomic mass is 19.2. The minimum atomic E-state index is -1.18. The van der Waals surface area contributed by atoms with Crippen molar-refractivity contribution in [2.45, 2.75) is 25.3 Å². The number of hydrogen-bond donors (Lipinski definition) is 1. The van der Waals surface area contributed by atoms with E-state index in [-0.39, 0.29) is 11.7 Å². The molecule has 1 unspecified atom stereocenters. The standard InChI is InChI=1S/C13H17F2N3O2/c1-17-7-2-3-9(6-8-17)16-13-11(18(19)20)5-4-10(14)12(13)15/h4-5,9,16H,2-3,6-8H2,1H3. The molecular formula is C13H17F2N3O2. The first kappa shape index (κ1) is 14.6. The van der Waals surface area contributed by atoms with Gasteiger partial charge in [-0.05, 0) is 45.5 Å². The summed E-state index contributed by atoms with van der Waals surface area (Å²) in [5.74, 6) is -2.26. The molecule has 0 radical (unpaired) electrons. The molecule has 0 amide bonds. The maximum Gasteiger partial charge on any atom is 0.295 e. The molecule has 1 N–H and O–H groups in total. The Hall–Kier alpha value is -1.76. The van der Waals surface area contributed by atoms with Crippen molar-refractivity contribution in [3.63, 3.8) is 0 Å². The Bertz CT molecular complexity index is 511. The van der Waals surface area contributed by atoms with Crippen molar-refractivity contribution in [2.24, 2.45) is 0 Å². The van der Waals surface area contributed by atoms with Crippen molar-refractivity contribution in [1.29, 1.82) is 0 Å². The van der Waals surface area contributed by atoms with Crippen molar-refractivity contribution >= 4 is 11.4 Å². The Morgan fingerprint density at radius 2 is 2.10 bits per heavy atom. The molecule has 0 spiro atoms. The summed E-state index contributed by atoms with van der Waals surface area (Å²) in [6.45, 7) is 1.76. The quantitative estimate of drug-likeness (QED) is 0.685. The van der Waals surface area contributed by atoms with E-state index in [1.807, 2.05) is 7.05 Å². The van der Waals surface area contributed by atoms with Crippen LogP contribution in [0, 0.1) is 21.7 Å². The van der Waals surface area contributed by atoms with E-state index in [9.17, 15) is 18.9 Å². The molecule has 1 aliphatic rings. The van der Waals surface area contributed by atoms with Gasteiger partial charge in [-0.15, -0.1) is 0 Å². The van der Waals surface area contributed by atoms with Crippen LogP contribution in [0.15, 0.2) is 12.1 Å². The summed E-state index contributed by atoms with van der Waals surface area (Å²) in [5, 5.41) is 13.7. The average molecular weight is 285 g/mol. The fourth-order valence-corrected chi connectivity index (χ4v) is 2.42. The summed E-state index contributed by atoms with van der Waals surface area (Å²) in [6.07, 6.45) is 2.43. The number of rotatable bonds is 3. The first-order valence-electron chi connectivity index (χ1n) is 6.56. The van der Waals surface area contributed by atoms with E-state index in [1.165, 1.54) is 0 Å². The van der Waals surface area contributed by atoms with E-state index in [0.717, 1.165) is 44.5 Å². The Morgan fingerprint density at radius 1 is 1.35 bits per heavy atom. The van der Waals surface area contributed by atoms with Gasteiger partial charge in [-0.1, -0.05) is 0 Å². The maximum absolute atomic E-state index is 13.8. The number of nitrogens with one attached hydrogen (secondary N) is 1. The zero-order valence-electron chi connectivity index (χ0n) is 11.2. The summed E-state index contributed by atoms with van der Waals surface area (Å²) in [7, 11) is 1.99. The largest absolute Gasteiger partial charge is 0.374 e. The summed E-state index contributed by atoms with van der Waals surface area (Å²) < 4.78 is 27.1. The van der Waals surface area contributed by atoms with Crippen molar-refractivity contribution in [2.75, 3.05) is 25.5 Å². The molecule has 1 aliphatic heterocycles. The lowest BCUT2D eigenvalue weighted by molar-refractivity contribution is -0.384. The highest BCUT2D eigenvalue weighted by molar-refractivity contribution is 5.63. The van der Waals surface area contributed by atoms with E-state index in [4.69, 9.17) is 0 Å². The van der Waals surface area contributed by atoms with Crippen LogP contribution in [0.5, 0.6) is 0 Å². The predicted octanol–water partition coefficient (Wildman–Crippen LogP) is 2.77. The summed E-state index contributed by atoms with van der Waals surface area (Å²) >= 11 is 0. The van der Waals surface area contributed by atoms with Crippen LogP contribution in [0.4, 0.5) is 20.2 Å². The van der Waals surface area contributed by atoms with E-state index in [2.05, 4.69) is 10.2 Å². The van der Waals surface area contributed by atoms with Crippen LogP contribution in [0.25, 0.3) is 0 Å². The zero-order valence-corrected chi connectivity index (χ0v) is 11.2. The van der Waals surface area contributed by atoms with Gasteiger partial charge >= 0.3 is 0 Å². The van der Waals surface area contributed by atoms with E-state index in [0.29, 0.717) is 0 Å². The van der Waals surface area contributed by atoms with Gasteiger partial charge in [0.1, 0.15) is 0 Å². The smallest absolute Gasteiger partial charge is 0.295 e. The molecule has 0 bridgehead atoms. The number of likely N-dealkylation sites (tertiary alicyclic amines) is 1. The second kappa shape index (κ2) is 6.13. The van der Waals surface area contributed by atoms with Crippen LogP contribution in [-0.2, 0) is 0 Å². The molecule has 1 aromatic carbocycles. The van der Waals surface area contributed by atoms with Gasteiger partial charge in [0.25, 0.3) is 5.69 Å². The SMILES string of the molecule is CN1CCCC(Nc2c([N+](=O)[O-])ccc(F)c2F)CC1. The predicted molar refractivity (Wildman–Crippen MR) is 71.8 cm³/mol. The molecule has 5 nitrogen and oxygen atoms in total. The second-order valence-electron chi connectivity index (χ2n) is 5.09. The fraction of sp³-hybridized carbons (Fsp3) is 0.538. The Morgan fingerprint density at radius 3 is 2.80 bits per heavy atom. The number of anilines is 1. The molecule has 1 heterocycles. The van der Waals surface area contributed by atoms with Crippen molar-refractivity contribution in [3.05, 3.63) is 33.9 Å². The summed E-state index contributed by atoms with van der Waals surface area (Å²) in [5.41, 5.74) is -0.772. The minimum absolute atomic E-state index is 0.0880. The lowest BCUT2D eigenvalue weighted by Gasteiger charge is -2.18. The van der Waals surface area contributed by atoms with Crippen LogP contribution in [0.2, 0.25) is 0 Å². The van der Waals surface area contributed by atoms with Gasteiger partial charge in [0.15, 0.2) is 17.3 Å². The second-order valence-corrected chi connectivity index (χ2v) is 5.09. The van der Waals surface area contributed by atoms with Crippen LogP contribution in [0.1, 0.15) is 19.3 Å². The Labute approximate surface area is 115 Å². The Balaban J connectivity index is 2.23. The normalized spacial score (nSPS) is 20.4. The molecule has 1 atom stereocenters. The van der Waals surface area contributed by atoms with Crippen molar-refractivity contribution in [1.82, 2.24) is 4.90 Å². The number of hydrogen-bond acceptors (Lipinski definition) is 4. The van der Waals surface area contributed by atoms with Gasteiger partial charge in [0, 0.05) is 12.1 Å². The summed E-state index contributed by atoms with van der Waals surface area (Å²) in [6, 6.07) is 1.68. The van der Waals surface area contributed by atoms with Gasteiger partial charge in [-0.2, -0.15) is 0 Å². The molecule has 2 rings (SSSR count). The van der Waals surface area contributed by atoms with Crippen LogP contribution < -0.4 is 5.32 Å². The molecule has 7 heteroatoms. The van der Waals surface area contributed by atoms with Gasteiger partial charge in [0.05, 0.1) is 4.92 Å². The number of nitro benzene ring substituents is 1. The highest BCUT2D eigenvalue weighted by Gasteiger charge is 2.24. The van der Waals surface area contributed by atoms with Crippen molar-refractivity contribution in [3.8, 4) is 0 Å². The molecule has 0 aliphatic carbocycles. The molecule has 20 heavy (non-hydrogen) atoms. The van der Waals surface area contributed by atoms with Crippen LogP contribution >= 0.6 is 0 Å². The molecule has 1 fully saturated rings. The number of halogens is 2. The molecule has 1 aromatic rings. The van der Waals surface area contributed by atoms with Gasteiger partial charge < -0.3 is 10.2 Å². The first-order valence-corrected chi connectivity index (χ1v) is 6.56. The third kappa shape index (κ3) is 3.22. The number of benzene rings is 1. The maximum atomic E-state index is 13.8. The zero-order chi connectivity index (χ0) is 14.7. The van der Waals surface area contributed by atoms with E-state index >= 15 is 0 Å². The van der Waals surface area contributed by atoms with Gasteiger partial charge in [-0.25, -0.2) is 8.78 Å². The molecular weight excluding hydrogens is 268 g/mol. The minimum Gasteiger partial charge on any atom is -0.374 e. The van der Waals surface area contributed by atoms with Gasteiger partial charge in [0.2, 0.25) is 0 Å². The molecule has 0 aromatic heterocycles. The summed E-state index contributed by atoms with van der Waals surface area (Å²) in [4.78, 5) is 12.4. The first-order chi connectivity index (χ1) is 9.49.